The summed E-state index contributed by atoms with van der Waals surface area (Å²) >= 11 is 0. The third-order valence-electron chi connectivity index (χ3n) is 4.29. The molecule has 3 rings (SSSR count). The van der Waals surface area contributed by atoms with Crippen molar-refractivity contribution in [2.45, 2.75) is 17.7 Å². The van der Waals surface area contributed by atoms with Crippen molar-refractivity contribution in [1.29, 1.82) is 0 Å². The molecule has 1 aromatic carbocycles. The average Bonchev–Trinajstić information content (AvgIpc) is 3.07. The number of nitrogens with one attached hydrogen (secondary N) is 1. The Bertz CT molecular complexity index is 471. The molecule has 2 aliphatic carbocycles. The fourth-order valence-corrected chi connectivity index (χ4v) is 4.30. The lowest BCUT2D eigenvalue weighted by Gasteiger charge is -2.18. The van der Waals surface area contributed by atoms with Gasteiger partial charge in [-0.15, -0.1) is 0 Å². The van der Waals surface area contributed by atoms with Gasteiger partial charge in [-0.25, -0.2) is 0 Å². The summed E-state index contributed by atoms with van der Waals surface area (Å²) in [6.45, 7) is 1.93. The highest BCUT2D eigenvalue weighted by Crippen LogP contribution is 2.42. The highest BCUT2D eigenvalue weighted by molar-refractivity contribution is 7.85. The number of rotatable bonds is 6. The van der Waals surface area contributed by atoms with Crippen LogP contribution in [-0.4, -0.2) is 23.1 Å². The summed E-state index contributed by atoms with van der Waals surface area (Å²) < 4.78 is 12.0. The zero-order valence-electron chi connectivity index (χ0n) is 11.1. The van der Waals surface area contributed by atoms with Crippen LogP contribution in [0.1, 0.15) is 12.8 Å². The van der Waals surface area contributed by atoms with E-state index in [0.717, 1.165) is 35.7 Å². The van der Waals surface area contributed by atoms with Crippen LogP contribution in [0.3, 0.4) is 0 Å². The molecule has 2 nitrogen and oxygen atoms in total. The fourth-order valence-electron chi connectivity index (χ4n) is 3.27. The minimum atomic E-state index is -0.865. The molecule has 3 heteroatoms. The second-order valence-electron chi connectivity index (χ2n) is 5.61. The molecule has 4 unspecified atom stereocenters. The van der Waals surface area contributed by atoms with Crippen molar-refractivity contribution >= 4 is 10.8 Å². The predicted molar refractivity (Wildman–Crippen MR) is 79.4 cm³/mol. The molecule has 1 saturated carbocycles. The number of hydrogen-bond donors (Lipinski definition) is 1. The lowest BCUT2D eigenvalue weighted by molar-refractivity contribution is 0.420. The summed E-state index contributed by atoms with van der Waals surface area (Å²) in [6.07, 6.45) is 7.48. The highest BCUT2D eigenvalue weighted by Gasteiger charge is 2.34. The first-order chi connectivity index (χ1) is 9.33. The molecule has 2 bridgehead atoms. The predicted octanol–water partition coefficient (Wildman–Crippen LogP) is 2.60. The SMILES string of the molecule is O=S(CCNCC1CC2C=CC1C2)c1ccccc1. The minimum Gasteiger partial charge on any atom is -0.316 e. The first-order valence-electron chi connectivity index (χ1n) is 7.15. The molecule has 1 aromatic rings. The van der Waals surface area contributed by atoms with Gasteiger partial charge >= 0.3 is 0 Å². The van der Waals surface area contributed by atoms with Crippen LogP contribution in [0.5, 0.6) is 0 Å². The maximum absolute atomic E-state index is 12.0. The van der Waals surface area contributed by atoms with E-state index in [2.05, 4.69) is 17.5 Å². The lowest BCUT2D eigenvalue weighted by Crippen LogP contribution is -2.28. The highest BCUT2D eigenvalue weighted by atomic mass is 32.2. The number of hydrogen-bond acceptors (Lipinski definition) is 2. The van der Waals surface area contributed by atoms with Gasteiger partial charge < -0.3 is 5.32 Å². The van der Waals surface area contributed by atoms with Crippen molar-refractivity contribution in [2.24, 2.45) is 17.8 Å². The smallest absolute Gasteiger partial charge is 0.0542 e. The van der Waals surface area contributed by atoms with Gasteiger partial charge in [0, 0.05) is 17.2 Å². The van der Waals surface area contributed by atoms with Crippen molar-refractivity contribution < 1.29 is 4.21 Å². The Balaban J connectivity index is 1.37. The van der Waals surface area contributed by atoms with E-state index in [4.69, 9.17) is 0 Å². The van der Waals surface area contributed by atoms with Crippen molar-refractivity contribution in [1.82, 2.24) is 5.32 Å². The van der Waals surface area contributed by atoms with Gasteiger partial charge in [0.2, 0.25) is 0 Å². The van der Waals surface area contributed by atoms with Crippen LogP contribution in [-0.2, 0) is 10.8 Å². The molecular formula is C16H21NOS. The van der Waals surface area contributed by atoms with E-state index >= 15 is 0 Å². The average molecular weight is 275 g/mol. The van der Waals surface area contributed by atoms with Crippen molar-refractivity contribution in [3.05, 3.63) is 42.5 Å². The molecule has 19 heavy (non-hydrogen) atoms. The van der Waals surface area contributed by atoms with Crippen LogP contribution in [0.15, 0.2) is 47.4 Å². The standard InChI is InChI=1S/C16H21NOS/c18-19(16-4-2-1-3-5-16)9-8-17-12-15-11-13-6-7-14(15)10-13/h1-7,13-15,17H,8-12H2. The third-order valence-corrected chi connectivity index (χ3v) is 5.67. The first-order valence-corrected chi connectivity index (χ1v) is 8.47. The summed E-state index contributed by atoms with van der Waals surface area (Å²) in [5, 5.41) is 3.49. The minimum absolute atomic E-state index is 0.709. The molecule has 0 radical (unpaired) electrons. The third kappa shape index (κ3) is 3.15. The maximum Gasteiger partial charge on any atom is 0.0542 e. The van der Waals surface area contributed by atoms with E-state index in [9.17, 15) is 4.21 Å². The van der Waals surface area contributed by atoms with Crippen molar-refractivity contribution in [3.63, 3.8) is 0 Å². The summed E-state index contributed by atoms with van der Waals surface area (Å²) in [5.74, 6) is 3.16. The van der Waals surface area contributed by atoms with Crippen LogP contribution in [0, 0.1) is 17.8 Å². The summed E-state index contributed by atoms with van der Waals surface area (Å²) in [4.78, 5) is 0.937. The first kappa shape index (κ1) is 13.1. The fraction of sp³-hybridized carbons (Fsp3) is 0.500. The van der Waals surface area contributed by atoms with Gasteiger partial charge in [-0.1, -0.05) is 30.4 Å². The van der Waals surface area contributed by atoms with Crippen LogP contribution >= 0.6 is 0 Å². The van der Waals surface area contributed by atoms with Crippen LogP contribution in [0.2, 0.25) is 0 Å². The molecule has 2 aliphatic rings. The maximum atomic E-state index is 12.0. The van der Waals surface area contributed by atoms with Gasteiger partial charge in [-0.3, -0.25) is 4.21 Å². The van der Waals surface area contributed by atoms with Crippen molar-refractivity contribution in [3.8, 4) is 0 Å². The molecule has 0 aromatic heterocycles. The van der Waals surface area contributed by atoms with E-state index in [1.807, 2.05) is 30.3 Å². The van der Waals surface area contributed by atoms with Crippen LogP contribution < -0.4 is 5.32 Å². The number of allylic oxidation sites excluding steroid dienone is 2. The molecule has 0 spiro atoms. The lowest BCUT2D eigenvalue weighted by atomic mass is 9.94. The Morgan fingerprint density at radius 1 is 1.16 bits per heavy atom. The zero-order chi connectivity index (χ0) is 13.1. The number of fused-ring (bicyclic) bond motifs is 2. The van der Waals surface area contributed by atoms with E-state index < -0.39 is 10.8 Å². The zero-order valence-corrected chi connectivity index (χ0v) is 11.9. The molecule has 0 saturated heterocycles. The molecule has 1 N–H and O–H groups in total. The van der Waals surface area contributed by atoms with Gasteiger partial charge in [0.25, 0.3) is 0 Å². The van der Waals surface area contributed by atoms with Crippen LogP contribution in [0.25, 0.3) is 0 Å². The summed E-state index contributed by atoms with van der Waals surface area (Å²) in [6, 6.07) is 9.74. The quantitative estimate of drug-likeness (QED) is 0.639. The normalized spacial score (nSPS) is 29.8. The summed E-state index contributed by atoms with van der Waals surface area (Å²) in [7, 11) is -0.865. The Kier molecular flexibility index (Phi) is 4.14. The molecule has 4 atom stereocenters. The molecule has 1 fully saturated rings. The Morgan fingerprint density at radius 3 is 2.68 bits per heavy atom. The Labute approximate surface area is 117 Å². The second kappa shape index (κ2) is 6.02. The molecular weight excluding hydrogens is 254 g/mol. The van der Waals surface area contributed by atoms with Gasteiger partial charge in [-0.05, 0) is 49.3 Å². The van der Waals surface area contributed by atoms with Gasteiger partial charge in [-0.2, -0.15) is 0 Å². The summed E-state index contributed by atoms with van der Waals surface area (Å²) in [5.41, 5.74) is 0. The van der Waals surface area contributed by atoms with Gasteiger partial charge in [0.1, 0.15) is 0 Å². The van der Waals surface area contributed by atoms with Gasteiger partial charge in [0.05, 0.1) is 10.8 Å². The molecule has 0 aliphatic heterocycles. The van der Waals surface area contributed by atoms with Gasteiger partial charge in [0.15, 0.2) is 0 Å². The molecule has 102 valence electrons. The van der Waals surface area contributed by atoms with Crippen LogP contribution in [0.4, 0.5) is 0 Å². The molecule has 0 heterocycles. The Hall–Kier alpha value is -0.930. The molecule has 0 amide bonds. The second-order valence-corrected chi connectivity index (χ2v) is 7.18. The van der Waals surface area contributed by atoms with E-state index in [-0.39, 0.29) is 0 Å². The van der Waals surface area contributed by atoms with Crippen molar-refractivity contribution in [2.75, 3.05) is 18.8 Å². The topological polar surface area (TPSA) is 29.1 Å². The largest absolute Gasteiger partial charge is 0.316 e. The monoisotopic (exact) mass is 275 g/mol. The van der Waals surface area contributed by atoms with E-state index in [1.165, 1.54) is 12.8 Å². The Morgan fingerprint density at radius 2 is 2.00 bits per heavy atom. The number of benzene rings is 1. The van der Waals surface area contributed by atoms with E-state index in [0.29, 0.717) is 5.75 Å². The van der Waals surface area contributed by atoms with E-state index in [1.54, 1.807) is 0 Å².